The Morgan fingerprint density at radius 2 is 2.17 bits per heavy atom. The molecule has 0 aliphatic rings. The fourth-order valence-electron chi connectivity index (χ4n) is 1.93. The lowest BCUT2D eigenvalue weighted by molar-refractivity contribution is 0.102. The highest BCUT2D eigenvalue weighted by Gasteiger charge is 2.14. The number of ether oxygens (including phenoxy) is 2. The number of benzene rings is 1. The predicted octanol–water partition coefficient (Wildman–Crippen LogP) is 4.17. The molecule has 0 saturated heterocycles. The molecule has 0 atom stereocenters. The second kappa shape index (κ2) is 8.39. The number of carbonyl (C=O) groups excluding carboxylic acids is 1. The van der Waals surface area contributed by atoms with Gasteiger partial charge in [-0.05, 0) is 30.7 Å². The van der Waals surface area contributed by atoms with Crippen LogP contribution in [-0.2, 0) is 0 Å². The molecule has 0 unspecified atom stereocenters. The van der Waals surface area contributed by atoms with E-state index in [1.165, 1.54) is 6.20 Å². The molecule has 1 heterocycles. The van der Waals surface area contributed by atoms with Crippen molar-refractivity contribution in [3.8, 4) is 11.5 Å². The summed E-state index contributed by atoms with van der Waals surface area (Å²) in [6, 6.07) is 8.54. The van der Waals surface area contributed by atoms with Crippen molar-refractivity contribution in [1.29, 1.82) is 0 Å². The van der Waals surface area contributed by atoms with Crippen LogP contribution in [0.4, 0.5) is 5.69 Å². The first-order valence-corrected chi connectivity index (χ1v) is 7.76. The Bertz CT molecular complexity index is 677. The summed E-state index contributed by atoms with van der Waals surface area (Å²) in [7, 11) is 1.57. The van der Waals surface area contributed by atoms with Crippen LogP contribution in [0.1, 0.15) is 30.1 Å². The first-order chi connectivity index (χ1) is 11.2. The van der Waals surface area contributed by atoms with Gasteiger partial charge in [-0.25, -0.2) is 4.98 Å². The molecule has 0 bridgehead atoms. The van der Waals surface area contributed by atoms with Gasteiger partial charge in [0.1, 0.15) is 16.7 Å². The van der Waals surface area contributed by atoms with E-state index in [9.17, 15) is 4.79 Å². The fraction of sp³-hybridized carbons (Fsp3) is 0.294. The minimum Gasteiger partial charge on any atom is -0.497 e. The Morgan fingerprint density at radius 1 is 1.35 bits per heavy atom. The largest absolute Gasteiger partial charge is 0.497 e. The molecule has 23 heavy (non-hydrogen) atoms. The van der Waals surface area contributed by atoms with E-state index in [-0.39, 0.29) is 11.1 Å². The summed E-state index contributed by atoms with van der Waals surface area (Å²) in [5.41, 5.74) is 0.835. The first kappa shape index (κ1) is 17.1. The van der Waals surface area contributed by atoms with Crippen LogP contribution in [0.25, 0.3) is 0 Å². The van der Waals surface area contributed by atoms with Gasteiger partial charge in [0.15, 0.2) is 0 Å². The number of methoxy groups -OCH3 is 1. The molecule has 122 valence electrons. The number of anilines is 1. The number of unbranched alkanes of at least 4 members (excludes halogenated alkanes) is 1. The van der Waals surface area contributed by atoms with E-state index in [1.807, 2.05) is 0 Å². The zero-order valence-electron chi connectivity index (χ0n) is 13.1. The lowest BCUT2D eigenvalue weighted by atomic mass is 10.2. The van der Waals surface area contributed by atoms with Crippen molar-refractivity contribution in [3.05, 3.63) is 47.2 Å². The minimum absolute atomic E-state index is 0.154. The summed E-state index contributed by atoms with van der Waals surface area (Å²) >= 11 is 5.96. The average molecular weight is 335 g/mol. The molecule has 1 amide bonds. The highest BCUT2D eigenvalue weighted by atomic mass is 35.5. The van der Waals surface area contributed by atoms with E-state index in [4.69, 9.17) is 21.1 Å². The van der Waals surface area contributed by atoms with Gasteiger partial charge in [0, 0.05) is 12.3 Å². The van der Waals surface area contributed by atoms with E-state index in [1.54, 1.807) is 37.4 Å². The SMILES string of the molecule is CCCCOc1ccc(OC)cc1NC(=O)c1cccnc1Cl. The Hall–Kier alpha value is -2.27. The zero-order chi connectivity index (χ0) is 16.7. The summed E-state index contributed by atoms with van der Waals surface area (Å²) < 4.78 is 10.9. The van der Waals surface area contributed by atoms with Gasteiger partial charge >= 0.3 is 0 Å². The second-order valence-electron chi connectivity index (χ2n) is 4.86. The van der Waals surface area contributed by atoms with Gasteiger partial charge in [-0.2, -0.15) is 0 Å². The monoisotopic (exact) mass is 334 g/mol. The van der Waals surface area contributed by atoms with Gasteiger partial charge < -0.3 is 14.8 Å². The Kier molecular flexibility index (Phi) is 6.23. The minimum atomic E-state index is -0.350. The number of hydrogen-bond donors (Lipinski definition) is 1. The zero-order valence-corrected chi connectivity index (χ0v) is 13.9. The number of nitrogens with zero attached hydrogens (tertiary/aromatic N) is 1. The molecule has 0 aliphatic carbocycles. The van der Waals surface area contributed by atoms with Crippen molar-refractivity contribution in [2.24, 2.45) is 0 Å². The number of aromatic nitrogens is 1. The normalized spacial score (nSPS) is 10.2. The molecule has 0 fully saturated rings. The van der Waals surface area contributed by atoms with E-state index < -0.39 is 0 Å². The molecule has 0 saturated carbocycles. The summed E-state index contributed by atoms with van der Waals surface area (Å²) in [6.45, 7) is 2.67. The molecule has 0 spiro atoms. The van der Waals surface area contributed by atoms with E-state index in [0.29, 0.717) is 29.4 Å². The third-order valence-corrected chi connectivity index (χ3v) is 3.50. The number of nitrogens with one attached hydrogen (secondary N) is 1. The number of carbonyl (C=O) groups is 1. The highest BCUT2D eigenvalue weighted by molar-refractivity contribution is 6.33. The number of halogens is 1. The van der Waals surface area contributed by atoms with Crippen molar-refractivity contribution < 1.29 is 14.3 Å². The maximum atomic E-state index is 12.4. The van der Waals surface area contributed by atoms with Crippen molar-refractivity contribution >= 4 is 23.2 Å². The summed E-state index contributed by atoms with van der Waals surface area (Å²) in [5, 5.41) is 2.95. The molecular formula is C17H19ClN2O3. The number of hydrogen-bond acceptors (Lipinski definition) is 4. The lowest BCUT2D eigenvalue weighted by Gasteiger charge is -2.14. The van der Waals surface area contributed by atoms with E-state index in [0.717, 1.165) is 12.8 Å². The predicted molar refractivity (Wildman–Crippen MR) is 90.6 cm³/mol. The van der Waals surface area contributed by atoms with Gasteiger partial charge in [0.05, 0.1) is 25.0 Å². The molecule has 1 N–H and O–H groups in total. The molecule has 0 aliphatic heterocycles. The summed E-state index contributed by atoms with van der Waals surface area (Å²) in [5.74, 6) is 0.865. The van der Waals surface area contributed by atoms with Crippen molar-refractivity contribution in [2.45, 2.75) is 19.8 Å². The average Bonchev–Trinajstić information content (AvgIpc) is 2.56. The topological polar surface area (TPSA) is 60.5 Å². The third-order valence-electron chi connectivity index (χ3n) is 3.19. The molecule has 2 rings (SSSR count). The van der Waals surface area contributed by atoms with Gasteiger partial charge in [-0.1, -0.05) is 24.9 Å². The number of amides is 1. The summed E-state index contributed by atoms with van der Waals surface area (Å²) in [4.78, 5) is 16.3. The van der Waals surface area contributed by atoms with Crippen LogP contribution in [0.5, 0.6) is 11.5 Å². The fourth-order valence-corrected chi connectivity index (χ4v) is 2.14. The first-order valence-electron chi connectivity index (χ1n) is 7.38. The van der Waals surface area contributed by atoms with Crippen molar-refractivity contribution in [1.82, 2.24) is 4.98 Å². The second-order valence-corrected chi connectivity index (χ2v) is 5.22. The van der Waals surface area contributed by atoms with Gasteiger partial charge in [0.25, 0.3) is 5.91 Å². The van der Waals surface area contributed by atoms with E-state index in [2.05, 4.69) is 17.2 Å². The molecule has 6 heteroatoms. The smallest absolute Gasteiger partial charge is 0.258 e. The van der Waals surface area contributed by atoms with Crippen LogP contribution in [0, 0.1) is 0 Å². The quantitative estimate of drug-likeness (QED) is 0.609. The molecule has 1 aromatic heterocycles. The molecule has 5 nitrogen and oxygen atoms in total. The standard InChI is InChI=1S/C17H19ClN2O3/c1-3-4-10-23-15-8-7-12(22-2)11-14(15)20-17(21)13-6-5-9-19-16(13)18/h5-9,11H,3-4,10H2,1-2H3,(H,20,21). The van der Waals surface area contributed by atoms with Gasteiger partial charge in [0.2, 0.25) is 0 Å². The number of pyridine rings is 1. The van der Waals surface area contributed by atoms with Gasteiger partial charge in [-0.3, -0.25) is 4.79 Å². The van der Waals surface area contributed by atoms with Crippen LogP contribution in [0.2, 0.25) is 5.15 Å². The Labute approximate surface area is 140 Å². The van der Waals surface area contributed by atoms with Crippen LogP contribution in [-0.4, -0.2) is 24.6 Å². The Balaban J connectivity index is 2.22. The third kappa shape index (κ3) is 4.60. The maximum absolute atomic E-state index is 12.4. The highest BCUT2D eigenvalue weighted by Crippen LogP contribution is 2.30. The van der Waals surface area contributed by atoms with Crippen molar-refractivity contribution in [2.75, 3.05) is 19.0 Å². The Morgan fingerprint density at radius 3 is 2.87 bits per heavy atom. The van der Waals surface area contributed by atoms with Crippen LogP contribution in [0.3, 0.4) is 0 Å². The molecule has 1 aromatic carbocycles. The molecule has 0 radical (unpaired) electrons. The van der Waals surface area contributed by atoms with Crippen LogP contribution in [0.15, 0.2) is 36.5 Å². The van der Waals surface area contributed by atoms with Crippen LogP contribution >= 0.6 is 11.6 Å². The maximum Gasteiger partial charge on any atom is 0.258 e. The van der Waals surface area contributed by atoms with E-state index >= 15 is 0 Å². The number of rotatable bonds is 7. The summed E-state index contributed by atoms with van der Waals surface area (Å²) in [6.07, 6.45) is 3.50. The molecule has 2 aromatic rings. The van der Waals surface area contributed by atoms with Gasteiger partial charge in [-0.15, -0.1) is 0 Å². The lowest BCUT2D eigenvalue weighted by Crippen LogP contribution is -2.14. The van der Waals surface area contributed by atoms with Crippen molar-refractivity contribution in [3.63, 3.8) is 0 Å². The van der Waals surface area contributed by atoms with Crippen LogP contribution < -0.4 is 14.8 Å². The molecular weight excluding hydrogens is 316 g/mol.